The monoisotopic (exact) mass is 290 g/mol. The molecule has 0 aliphatic carbocycles. The van der Waals surface area contributed by atoms with E-state index in [1.165, 1.54) is 0 Å². The summed E-state index contributed by atoms with van der Waals surface area (Å²) in [5.41, 5.74) is 0.951. The number of piperazine rings is 1. The second kappa shape index (κ2) is 7.06. The number of amides is 2. The van der Waals surface area contributed by atoms with Crippen LogP contribution in [0, 0.1) is 6.92 Å². The number of aryl methyl sites for hydroxylation is 1. The molecule has 6 heteroatoms. The summed E-state index contributed by atoms with van der Waals surface area (Å²) in [6, 6.07) is 5.77. The Labute approximate surface area is 125 Å². The van der Waals surface area contributed by atoms with Crippen LogP contribution in [0.5, 0.6) is 0 Å². The third-order valence-corrected chi connectivity index (χ3v) is 3.61. The minimum atomic E-state index is 0.0780. The van der Waals surface area contributed by atoms with Gasteiger partial charge in [-0.05, 0) is 19.1 Å². The molecule has 0 spiro atoms. The number of hydrogen-bond donors (Lipinski definition) is 1. The van der Waals surface area contributed by atoms with E-state index < -0.39 is 0 Å². The highest BCUT2D eigenvalue weighted by atomic mass is 16.2. The summed E-state index contributed by atoms with van der Waals surface area (Å²) in [4.78, 5) is 31.3. The molecule has 6 nitrogen and oxygen atoms in total. The van der Waals surface area contributed by atoms with E-state index in [0.717, 1.165) is 11.5 Å². The van der Waals surface area contributed by atoms with Crippen molar-refractivity contribution in [3.63, 3.8) is 0 Å². The summed E-state index contributed by atoms with van der Waals surface area (Å²) >= 11 is 0. The molecule has 0 saturated carbocycles. The minimum Gasteiger partial charge on any atom is -0.370 e. The SMILES string of the molecule is CC(=O)N1CCN(C(=O)CCNc2cccc(C)n2)CC1. The van der Waals surface area contributed by atoms with Crippen LogP contribution in [0.3, 0.4) is 0 Å². The van der Waals surface area contributed by atoms with E-state index >= 15 is 0 Å². The van der Waals surface area contributed by atoms with Crippen molar-refractivity contribution in [2.75, 3.05) is 38.0 Å². The molecular formula is C15H22N4O2. The van der Waals surface area contributed by atoms with Gasteiger partial charge in [0.2, 0.25) is 11.8 Å². The molecule has 2 rings (SSSR count). The van der Waals surface area contributed by atoms with E-state index in [4.69, 9.17) is 0 Å². The fraction of sp³-hybridized carbons (Fsp3) is 0.533. The third-order valence-electron chi connectivity index (χ3n) is 3.61. The second-order valence-electron chi connectivity index (χ2n) is 5.23. The Hall–Kier alpha value is -2.11. The zero-order chi connectivity index (χ0) is 15.2. The Morgan fingerprint density at radius 2 is 1.86 bits per heavy atom. The average Bonchev–Trinajstić information content (AvgIpc) is 2.47. The number of nitrogens with zero attached hydrogens (tertiary/aromatic N) is 3. The minimum absolute atomic E-state index is 0.0780. The van der Waals surface area contributed by atoms with E-state index in [1.807, 2.05) is 30.0 Å². The van der Waals surface area contributed by atoms with Gasteiger partial charge >= 0.3 is 0 Å². The first-order valence-corrected chi connectivity index (χ1v) is 7.27. The second-order valence-corrected chi connectivity index (χ2v) is 5.23. The van der Waals surface area contributed by atoms with Crippen molar-refractivity contribution < 1.29 is 9.59 Å². The molecule has 0 unspecified atom stereocenters. The zero-order valence-corrected chi connectivity index (χ0v) is 12.6. The van der Waals surface area contributed by atoms with Crippen LogP contribution in [-0.4, -0.2) is 59.3 Å². The molecule has 0 atom stereocenters. The molecule has 1 N–H and O–H groups in total. The van der Waals surface area contributed by atoms with Gasteiger partial charge in [0.15, 0.2) is 0 Å². The molecule has 0 aromatic carbocycles. The lowest BCUT2D eigenvalue weighted by Gasteiger charge is -2.34. The summed E-state index contributed by atoms with van der Waals surface area (Å²) in [6.07, 6.45) is 0.440. The molecule has 0 radical (unpaired) electrons. The molecule has 114 valence electrons. The lowest BCUT2D eigenvalue weighted by atomic mass is 10.2. The van der Waals surface area contributed by atoms with Gasteiger partial charge in [0, 0.05) is 51.8 Å². The Kier molecular flexibility index (Phi) is 5.14. The summed E-state index contributed by atoms with van der Waals surface area (Å²) in [5, 5.41) is 3.16. The van der Waals surface area contributed by atoms with Crippen molar-refractivity contribution in [1.29, 1.82) is 0 Å². The molecule has 1 fully saturated rings. The van der Waals surface area contributed by atoms with Gasteiger partial charge in [-0.25, -0.2) is 4.98 Å². The molecule has 1 saturated heterocycles. The number of anilines is 1. The number of hydrogen-bond acceptors (Lipinski definition) is 4. The van der Waals surface area contributed by atoms with Gasteiger partial charge in [-0.15, -0.1) is 0 Å². The van der Waals surface area contributed by atoms with E-state index in [0.29, 0.717) is 39.1 Å². The van der Waals surface area contributed by atoms with Crippen molar-refractivity contribution in [2.45, 2.75) is 20.3 Å². The first kappa shape index (κ1) is 15.3. The van der Waals surface area contributed by atoms with Gasteiger partial charge in [0.25, 0.3) is 0 Å². The van der Waals surface area contributed by atoms with Gasteiger partial charge in [-0.3, -0.25) is 9.59 Å². The first-order valence-electron chi connectivity index (χ1n) is 7.27. The number of carbonyl (C=O) groups is 2. The van der Waals surface area contributed by atoms with E-state index in [-0.39, 0.29) is 11.8 Å². The Balaban J connectivity index is 1.72. The molecule has 1 aliphatic heterocycles. The predicted molar refractivity (Wildman–Crippen MR) is 80.9 cm³/mol. The van der Waals surface area contributed by atoms with Gasteiger partial charge < -0.3 is 15.1 Å². The quantitative estimate of drug-likeness (QED) is 0.894. The molecule has 2 amide bonds. The van der Waals surface area contributed by atoms with Crippen LogP contribution in [0.15, 0.2) is 18.2 Å². The van der Waals surface area contributed by atoms with Crippen molar-refractivity contribution in [1.82, 2.24) is 14.8 Å². The predicted octanol–water partition coefficient (Wildman–Crippen LogP) is 0.883. The fourth-order valence-corrected chi connectivity index (χ4v) is 2.37. The highest BCUT2D eigenvalue weighted by Gasteiger charge is 2.21. The Morgan fingerprint density at radius 3 is 2.48 bits per heavy atom. The summed E-state index contributed by atoms with van der Waals surface area (Å²) in [7, 11) is 0. The van der Waals surface area contributed by atoms with Gasteiger partial charge in [0.05, 0.1) is 0 Å². The fourth-order valence-electron chi connectivity index (χ4n) is 2.37. The molecule has 1 aromatic heterocycles. The Bertz CT molecular complexity index is 510. The lowest BCUT2D eigenvalue weighted by Crippen LogP contribution is -2.50. The van der Waals surface area contributed by atoms with Crippen LogP contribution >= 0.6 is 0 Å². The van der Waals surface area contributed by atoms with Crippen LogP contribution in [0.4, 0.5) is 5.82 Å². The van der Waals surface area contributed by atoms with E-state index in [1.54, 1.807) is 11.8 Å². The van der Waals surface area contributed by atoms with Gasteiger partial charge in [0.1, 0.15) is 5.82 Å². The van der Waals surface area contributed by atoms with Crippen LogP contribution in [0.1, 0.15) is 19.0 Å². The van der Waals surface area contributed by atoms with Gasteiger partial charge in [-0.1, -0.05) is 6.07 Å². The van der Waals surface area contributed by atoms with Crippen molar-refractivity contribution in [3.05, 3.63) is 23.9 Å². The maximum absolute atomic E-state index is 12.1. The molecule has 1 aliphatic rings. The normalized spacial score (nSPS) is 15.0. The largest absolute Gasteiger partial charge is 0.370 e. The van der Waals surface area contributed by atoms with Crippen LogP contribution < -0.4 is 5.32 Å². The topological polar surface area (TPSA) is 65.5 Å². The molecule has 21 heavy (non-hydrogen) atoms. The lowest BCUT2D eigenvalue weighted by molar-refractivity contribution is -0.138. The molecular weight excluding hydrogens is 268 g/mol. The van der Waals surface area contributed by atoms with E-state index in [2.05, 4.69) is 10.3 Å². The highest BCUT2D eigenvalue weighted by molar-refractivity contribution is 5.77. The van der Waals surface area contributed by atoms with Crippen molar-refractivity contribution >= 4 is 17.6 Å². The zero-order valence-electron chi connectivity index (χ0n) is 12.6. The molecule has 0 bridgehead atoms. The van der Waals surface area contributed by atoms with Crippen LogP contribution in [0.2, 0.25) is 0 Å². The number of pyridine rings is 1. The number of carbonyl (C=O) groups excluding carboxylic acids is 2. The maximum Gasteiger partial charge on any atom is 0.224 e. The smallest absolute Gasteiger partial charge is 0.224 e. The maximum atomic E-state index is 12.1. The number of rotatable bonds is 4. The molecule has 1 aromatic rings. The standard InChI is InChI=1S/C15H22N4O2/c1-12-4-3-5-14(17-12)16-7-6-15(21)19-10-8-18(9-11-19)13(2)20/h3-5H,6-11H2,1-2H3,(H,16,17). The van der Waals surface area contributed by atoms with Crippen molar-refractivity contribution in [2.24, 2.45) is 0 Å². The first-order chi connectivity index (χ1) is 10.1. The average molecular weight is 290 g/mol. The number of aromatic nitrogens is 1. The highest BCUT2D eigenvalue weighted by Crippen LogP contribution is 2.06. The summed E-state index contributed by atoms with van der Waals surface area (Å²) in [6.45, 7) is 6.59. The molecule has 2 heterocycles. The van der Waals surface area contributed by atoms with E-state index in [9.17, 15) is 9.59 Å². The summed E-state index contributed by atoms with van der Waals surface area (Å²) < 4.78 is 0. The summed E-state index contributed by atoms with van der Waals surface area (Å²) in [5.74, 6) is 0.997. The number of nitrogens with one attached hydrogen (secondary N) is 1. The van der Waals surface area contributed by atoms with Crippen LogP contribution in [0.25, 0.3) is 0 Å². The Morgan fingerprint density at radius 1 is 1.19 bits per heavy atom. The van der Waals surface area contributed by atoms with Crippen LogP contribution in [-0.2, 0) is 9.59 Å². The van der Waals surface area contributed by atoms with Crippen molar-refractivity contribution in [3.8, 4) is 0 Å². The third kappa shape index (κ3) is 4.44. The van der Waals surface area contributed by atoms with Gasteiger partial charge in [-0.2, -0.15) is 0 Å².